The molecule has 1 aliphatic heterocycles. The fraction of sp³-hybridized carbons (Fsp3) is 0.143. The maximum atomic E-state index is 13.7. The Bertz CT molecular complexity index is 5360. The Morgan fingerprint density at radius 2 is 0.578 bits per heavy atom. The molecule has 0 saturated heterocycles. The van der Waals surface area contributed by atoms with Crippen molar-refractivity contribution < 1.29 is 91.5 Å². The second-order valence-corrected chi connectivity index (χ2v) is 27.5. The Morgan fingerprint density at radius 3 is 1.05 bits per heavy atom. The summed E-state index contributed by atoms with van der Waals surface area (Å²) in [6.45, 7) is 0. The van der Waals surface area contributed by atoms with Gasteiger partial charge in [-0.3, -0.25) is 0 Å². The minimum Gasteiger partial charge on any atom is -0.508 e. The summed E-state index contributed by atoms with van der Waals surface area (Å²) < 4.78 is 6.95. The highest BCUT2D eigenvalue weighted by Gasteiger charge is 2.58. The highest BCUT2D eigenvalue weighted by molar-refractivity contribution is 5.76. The van der Waals surface area contributed by atoms with Crippen LogP contribution >= 0.6 is 0 Å². The van der Waals surface area contributed by atoms with Gasteiger partial charge in [-0.2, -0.15) is 0 Å². The van der Waals surface area contributed by atoms with E-state index < -0.39 is 106 Å². The van der Waals surface area contributed by atoms with Gasteiger partial charge >= 0.3 is 0 Å². The molecule has 4 aliphatic carbocycles. The van der Waals surface area contributed by atoms with Crippen LogP contribution in [-0.4, -0.2) is 86.8 Å². The molecule has 1 heterocycles. The van der Waals surface area contributed by atoms with E-state index in [4.69, 9.17) is 4.74 Å². The van der Waals surface area contributed by atoms with Gasteiger partial charge < -0.3 is 91.5 Å². The molecule has 12 atom stereocenters. The van der Waals surface area contributed by atoms with Gasteiger partial charge in [-0.1, -0.05) is 72.8 Å². The van der Waals surface area contributed by atoms with E-state index >= 15 is 0 Å². The van der Waals surface area contributed by atoms with Gasteiger partial charge in [0.05, 0.1) is 5.92 Å². The zero-order valence-electron chi connectivity index (χ0n) is 53.6. The Labute approximate surface area is 581 Å². The summed E-state index contributed by atoms with van der Waals surface area (Å²) in [4.78, 5) is 0. The van der Waals surface area contributed by atoms with Crippen molar-refractivity contribution in [2.75, 3.05) is 0 Å². The zero-order chi connectivity index (χ0) is 70.7. The molecule has 0 fully saturated rings. The predicted molar refractivity (Wildman–Crippen MR) is 373 cm³/mol. The molecule has 17 rings (SSSR count). The van der Waals surface area contributed by atoms with Crippen LogP contribution in [0.15, 0.2) is 212 Å². The first-order valence-electron chi connectivity index (χ1n) is 33.2. The van der Waals surface area contributed by atoms with E-state index in [-0.39, 0.29) is 114 Å². The zero-order valence-corrected chi connectivity index (χ0v) is 53.6. The number of aromatic hydroxyl groups is 17. The van der Waals surface area contributed by atoms with Gasteiger partial charge in [-0.15, -0.1) is 0 Å². The monoisotopic (exact) mass is 1360 g/mol. The van der Waals surface area contributed by atoms with Crippen LogP contribution < -0.4 is 4.74 Å². The summed E-state index contributed by atoms with van der Waals surface area (Å²) >= 11 is 0. The van der Waals surface area contributed by atoms with Gasteiger partial charge in [0, 0.05) is 128 Å². The van der Waals surface area contributed by atoms with E-state index in [9.17, 15) is 86.8 Å². The van der Waals surface area contributed by atoms with Crippen LogP contribution in [0.2, 0.25) is 0 Å². The molecule has 0 bridgehead atoms. The lowest BCUT2D eigenvalue weighted by atomic mass is 9.68. The fourth-order valence-corrected chi connectivity index (χ4v) is 18.5. The number of benzene rings is 12. The Kier molecular flexibility index (Phi) is 14.1. The quantitative estimate of drug-likeness (QED) is 0.0605. The van der Waals surface area contributed by atoms with Gasteiger partial charge in [0.1, 0.15) is 110 Å². The van der Waals surface area contributed by atoms with Crippen LogP contribution in [0.1, 0.15) is 177 Å². The number of ether oxygens (including phenoxy) is 1. The first kappa shape index (κ1) is 62.6. The molecule has 12 aromatic carbocycles. The van der Waals surface area contributed by atoms with E-state index in [0.717, 1.165) is 18.2 Å². The van der Waals surface area contributed by atoms with Crippen molar-refractivity contribution in [3.63, 3.8) is 0 Å². The lowest BCUT2D eigenvalue weighted by Gasteiger charge is -2.35. The SMILES string of the molecule is Oc1ccc([C@H](c2c(O)cc([C@@H]3c4c(O)cc5c6c4[C@@H]([C@@H](c4ccc(O)cc4)c4c(O)cc(O)cc4[C@@H]6[C@@H](c4ccc(O)cc4)O5)[C@H]3c3ccc(O)cc3)cc2O)C2c3cc(O)cc(O)c3[C@H](c3ccc(O)cc3)[C@H]3c4c2c(O)cc(O)c4[C@H](c2cc(O)cc(O)c2)[C@H]3c2ccc(O)cc2)cc1. The molecule has 508 valence electrons. The molecular formula is C84H64O18. The van der Waals surface area contributed by atoms with Crippen molar-refractivity contribution in [3.8, 4) is 103 Å². The van der Waals surface area contributed by atoms with E-state index in [2.05, 4.69) is 0 Å². The Balaban J connectivity index is 0.949. The molecule has 0 spiro atoms. The molecule has 5 aliphatic rings. The molecular weight excluding hydrogens is 1300 g/mol. The Morgan fingerprint density at radius 1 is 0.225 bits per heavy atom. The van der Waals surface area contributed by atoms with Crippen LogP contribution in [0.4, 0.5) is 0 Å². The van der Waals surface area contributed by atoms with Gasteiger partial charge in [0.15, 0.2) is 0 Å². The maximum absolute atomic E-state index is 13.7. The third kappa shape index (κ3) is 9.60. The van der Waals surface area contributed by atoms with Gasteiger partial charge in [0.2, 0.25) is 0 Å². The predicted octanol–water partition coefficient (Wildman–Crippen LogP) is 15.2. The van der Waals surface area contributed by atoms with E-state index in [1.54, 1.807) is 78.9 Å². The van der Waals surface area contributed by atoms with Crippen molar-refractivity contribution in [3.05, 3.63) is 318 Å². The number of phenolic OH excluding ortho intramolecular Hbond substituents is 17. The molecule has 0 radical (unpaired) electrons. The van der Waals surface area contributed by atoms with Crippen molar-refractivity contribution in [1.82, 2.24) is 0 Å². The second kappa shape index (κ2) is 23.1. The molecule has 18 heteroatoms. The van der Waals surface area contributed by atoms with Gasteiger partial charge in [-0.05, 0) is 176 Å². The smallest absolute Gasteiger partial charge is 0.135 e. The summed E-state index contributed by atoms with van der Waals surface area (Å²) in [6, 6.07) is 52.8. The van der Waals surface area contributed by atoms with E-state index in [1.807, 2.05) is 0 Å². The molecule has 12 aromatic rings. The summed E-state index contributed by atoms with van der Waals surface area (Å²) in [5, 5.41) is 204. The summed E-state index contributed by atoms with van der Waals surface area (Å²) in [7, 11) is 0. The van der Waals surface area contributed by atoms with E-state index in [1.165, 1.54) is 115 Å². The van der Waals surface area contributed by atoms with Gasteiger partial charge in [-0.25, -0.2) is 0 Å². The fourth-order valence-electron chi connectivity index (χ4n) is 18.5. The average molecular weight is 1360 g/mol. The van der Waals surface area contributed by atoms with Crippen molar-refractivity contribution in [2.45, 2.75) is 71.2 Å². The average Bonchev–Trinajstić information content (AvgIpc) is 1.53. The third-order valence-electron chi connectivity index (χ3n) is 22.1. The highest BCUT2D eigenvalue weighted by Crippen LogP contribution is 2.73. The molecule has 0 amide bonds. The van der Waals surface area contributed by atoms with Crippen LogP contribution in [0.5, 0.6) is 103 Å². The standard InChI is InChI=1S/C84H64O18/c85-44-13-1-36(2-14-44)64-69(42-25-50(91)29-51(92)26-42)76-60(99)34-61(100)78-73(54-30-52(93)32-58(97)71(54)66(80(64)82(76)78)38-5-17-46(87)18-6-38)68(40-9-21-48(89)22-10-40)75-56(95)27-43(28-57(75)96)70-65(37-3-15-45(86)16-4-37)81-67(39-7-19-47(88)20-8-39)72-55(31-53(94)33-59(72)98)74-79-63(35-62(101)77(70)83(79)81)102-84(74)41-11-23-49(90)24-12-41/h1-35,64-70,73-74,80-81,84-101H/t64-,65+,66+,67+,68+,69-,70+,73?,74+,80+,81-,84-/m1/s1. The largest absolute Gasteiger partial charge is 0.508 e. The maximum Gasteiger partial charge on any atom is 0.135 e. The highest BCUT2D eigenvalue weighted by atomic mass is 16.5. The number of hydrogen-bond acceptors (Lipinski definition) is 18. The normalized spacial score (nSPS) is 21.9. The molecule has 102 heavy (non-hydrogen) atoms. The van der Waals surface area contributed by atoms with Gasteiger partial charge in [0.25, 0.3) is 0 Å². The van der Waals surface area contributed by atoms with E-state index in [0.29, 0.717) is 61.2 Å². The molecule has 18 nitrogen and oxygen atoms in total. The Hall–Kier alpha value is -13.0. The molecule has 17 N–H and O–H groups in total. The molecule has 1 unspecified atom stereocenters. The molecule has 0 saturated carbocycles. The molecule has 0 aromatic heterocycles. The number of hydrogen-bond donors (Lipinski definition) is 17. The first-order valence-corrected chi connectivity index (χ1v) is 33.2. The lowest BCUT2D eigenvalue weighted by Crippen LogP contribution is -2.21. The van der Waals surface area contributed by atoms with Crippen LogP contribution in [0.3, 0.4) is 0 Å². The first-order chi connectivity index (χ1) is 49.1. The third-order valence-corrected chi connectivity index (χ3v) is 22.1. The van der Waals surface area contributed by atoms with Crippen LogP contribution in [0.25, 0.3) is 0 Å². The second-order valence-electron chi connectivity index (χ2n) is 27.5. The lowest BCUT2D eigenvalue weighted by molar-refractivity contribution is 0.221. The minimum atomic E-state index is -1.46. The van der Waals surface area contributed by atoms with Crippen molar-refractivity contribution in [2.24, 2.45) is 0 Å². The number of fused-ring (bicyclic) bond motifs is 3. The number of phenols is 17. The summed E-state index contributed by atoms with van der Waals surface area (Å²) in [5.74, 6) is -16.1. The summed E-state index contributed by atoms with van der Waals surface area (Å²) in [5.41, 5.74) is 6.62. The topological polar surface area (TPSA) is 353 Å². The van der Waals surface area contributed by atoms with Crippen molar-refractivity contribution in [1.29, 1.82) is 0 Å². The number of rotatable bonds is 10. The van der Waals surface area contributed by atoms with Crippen LogP contribution in [0, 0.1) is 0 Å². The van der Waals surface area contributed by atoms with Crippen LogP contribution in [-0.2, 0) is 0 Å². The summed E-state index contributed by atoms with van der Waals surface area (Å²) in [6.07, 6.45) is -0.899. The minimum absolute atomic E-state index is 0.0157. The van der Waals surface area contributed by atoms with Crippen molar-refractivity contribution >= 4 is 0 Å².